The highest BCUT2D eigenvalue weighted by molar-refractivity contribution is 5.50. The van der Waals surface area contributed by atoms with E-state index in [4.69, 9.17) is 14.2 Å². The lowest BCUT2D eigenvalue weighted by atomic mass is 9.94. The molecule has 0 N–H and O–H groups in total. The smallest absolute Gasteiger partial charge is 0.155 e. The first-order chi connectivity index (χ1) is 8.67. The fourth-order valence-corrected chi connectivity index (χ4v) is 2.69. The Morgan fingerprint density at radius 1 is 1.28 bits per heavy atom. The van der Waals surface area contributed by atoms with E-state index in [9.17, 15) is 4.79 Å². The van der Waals surface area contributed by atoms with E-state index < -0.39 is 0 Å². The van der Waals surface area contributed by atoms with Crippen LogP contribution in [0.5, 0.6) is 0 Å². The molecule has 0 unspecified atom stereocenters. The lowest BCUT2D eigenvalue weighted by Gasteiger charge is -2.35. The molecule has 0 saturated carbocycles. The first-order valence-corrected chi connectivity index (χ1v) is 6.70. The molecular formula is C14H22O4. The fourth-order valence-electron chi connectivity index (χ4n) is 2.69. The third-order valence-electron chi connectivity index (χ3n) is 3.48. The van der Waals surface area contributed by atoms with Crippen molar-refractivity contribution in [2.45, 2.75) is 63.6 Å². The molecule has 0 radical (unpaired) electrons. The Balaban J connectivity index is 1.83. The van der Waals surface area contributed by atoms with E-state index in [1.54, 1.807) is 0 Å². The summed E-state index contributed by atoms with van der Waals surface area (Å²) >= 11 is 0. The van der Waals surface area contributed by atoms with Crippen molar-refractivity contribution in [1.82, 2.24) is 0 Å². The van der Waals surface area contributed by atoms with E-state index in [2.05, 4.69) is 6.58 Å². The molecule has 2 rings (SSSR count). The van der Waals surface area contributed by atoms with Gasteiger partial charge in [0.15, 0.2) is 6.29 Å². The number of ether oxygens (including phenoxy) is 3. The number of rotatable bonds is 4. The number of hydrogen-bond acceptors (Lipinski definition) is 4. The van der Waals surface area contributed by atoms with Gasteiger partial charge >= 0.3 is 0 Å². The fraction of sp³-hybridized carbons (Fsp3) is 0.786. The van der Waals surface area contributed by atoms with Crippen molar-refractivity contribution in [1.29, 1.82) is 0 Å². The molecule has 2 fully saturated rings. The van der Waals surface area contributed by atoms with Gasteiger partial charge in [-0.25, -0.2) is 0 Å². The first kappa shape index (κ1) is 13.7. The molecule has 2 heterocycles. The molecule has 0 spiro atoms. The van der Waals surface area contributed by atoms with E-state index in [-0.39, 0.29) is 24.6 Å². The SMILES string of the molecule is C=C1C[C@H](C[C@@H]2CCO[C@H](C)O2)O[C@@H](CC=O)C1. The molecule has 0 bridgehead atoms. The van der Waals surface area contributed by atoms with Crippen LogP contribution in [0.4, 0.5) is 0 Å². The van der Waals surface area contributed by atoms with Crippen LogP contribution in [0.1, 0.15) is 39.0 Å². The summed E-state index contributed by atoms with van der Waals surface area (Å²) in [4.78, 5) is 10.6. The minimum absolute atomic E-state index is 0.00557. The van der Waals surface area contributed by atoms with Crippen molar-refractivity contribution in [3.8, 4) is 0 Å². The van der Waals surface area contributed by atoms with Gasteiger partial charge in [-0.15, -0.1) is 0 Å². The monoisotopic (exact) mass is 254 g/mol. The average molecular weight is 254 g/mol. The highest BCUT2D eigenvalue weighted by Gasteiger charge is 2.29. The molecule has 2 aliphatic heterocycles. The predicted molar refractivity (Wildman–Crippen MR) is 67.2 cm³/mol. The molecule has 0 aromatic heterocycles. The van der Waals surface area contributed by atoms with Gasteiger partial charge in [0, 0.05) is 12.8 Å². The normalized spacial score (nSPS) is 37.5. The van der Waals surface area contributed by atoms with E-state index in [1.165, 1.54) is 5.57 Å². The minimum atomic E-state index is -0.124. The second kappa shape index (κ2) is 6.45. The topological polar surface area (TPSA) is 44.8 Å². The van der Waals surface area contributed by atoms with Gasteiger partial charge in [0.2, 0.25) is 0 Å². The third-order valence-corrected chi connectivity index (χ3v) is 3.48. The zero-order valence-electron chi connectivity index (χ0n) is 11.0. The summed E-state index contributed by atoms with van der Waals surface area (Å²) in [6.07, 6.45) is 5.05. The Labute approximate surface area is 108 Å². The van der Waals surface area contributed by atoms with Crippen LogP contribution in [0.2, 0.25) is 0 Å². The average Bonchev–Trinajstić information content (AvgIpc) is 2.28. The Hall–Kier alpha value is -0.710. The van der Waals surface area contributed by atoms with Gasteiger partial charge in [-0.3, -0.25) is 0 Å². The van der Waals surface area contributed by atoms with Gasteiger partial charge in [0.1, 0.15) is 6.29 Å². The standard InChI is InChI=1S/C14H22O4/c1-10-7-12(3-5-15)18-14(8-10)9-13-4-6-16-11(2)17-13/h5,11-14H,1,3-4,6-9H2,2H3/t11-,12-,13-,14+/m0/s1. The van der Waals surface area contributed by atoms with Crippen molar-refractivity contribution in [2.24, 2.45) is 0 Å². The molecule has 0 aliphatic carbocycles. The van der Waals surface area contributed by atoms with Crippen LogP contribution >= 0.6 is 0 Å². The van der Waals surface area contributed by atoms with Crippen LogP contribution in [0.3, 0.4) is 0 Å². The van der Waals surface area contributed by atoms with E-state index >= 15 is 0 Å². The second-order valence-electron chi connectivity index (χ2n) is 5.16. The summed E-state index contributed by atoms with van der Waals surface area (Å²) in [6.45, 7) is 6.71. The number of carbonyl (C=O) groups is 1. The molecular weight excluding hydrogens is 232 g/mol. The van der Waals surface area contributed by atoms with E-state index in [1.807, 2.05) is 6.92 Å². The van der Waals surface area contributed by atoms with Gasteiger partial charge in [0.25, 0.3) is 0 Å². The lowest BCUT2D eigenvalue weighted by Crippen LogP contribution is -2.36. The minimum Gasteiger partial charge on any atom is -0.374 e. The van der Waals surface area contributed by atoms with Gasteiger partial charge < -0.3 is 19.0 Å². The number of carbonyl (C=O) groups excluding carboxylic acids is 1. The Morgan fingerprint density at radius 3 is 2.78 bits per heavy atom. The van der Waals surface area contributed by atoms with Crippen LogP contribution in [0.25, 0.3) is 0 Å². The molecule has 102 valence electrons. The quantitative estimate of drug-likeness (QED) is 0.570. The lowest BCUT2D eigenvalue weighted by molar-refractivity contribution is -0.211. The highest BCUT2D eigenvalue weighted by atomic mass is 16.7. The number of hydrogen-bond donors (Lipinski definition) is 0. The van der Waals surface area contributed by atoms with Gasteiger partial charge in [0.05, 0.1) is 24.9 Å². The zero-order valence-corrected chi connectivity index (χ0v) is 11.0. The maximum atomic E-state index is 10.6. The van der Waals surface area contributed by atoms with E-state index in [0.29, 0.717) is 6.42 Å². The third kappa shape index (κ3) is 3.90. The second-order valence-corrected chi connectivity index (χ2v) is 5.16. The van der Waals surface area contributed by atoms with Gasteiger partial charge in [-0.05, 0) is 26.2 Å². The van der Waals surface area contributed by atoms with Crippen LogP contribution in [0, 0.1) is 0 Å². The zero-order chi connectivity index (χ0) is 13.0. The molecule has 0 aromatic carbocycles. The van der Waals surface area contributed by atoms with Crippen molar-refractivity contribution in [2.75, 3.05) is 6.61 Å². The molecule has 0 amide bonds. The van der Waals surface area contributed by atoms with Crippen molar-refractivity contribution >= 4 is 6.29 Å². The van der Waals surface area contributed by atoms with Crippen molar-refractivity contribution in [3.63, 3.8) is 0 Å². The molecule has 18 heavy (non-hydrogen) atoms. The predicted octanol–water partition coefficient (Wildman–Crippen LogP) is 2.22. The maximum absolute atomic E-state index is 10.6. The summed E-state index contributed by atoms with van der Waals surface area (Å²) in [6, 6.07) is 0. The van der Waals surface area contributed by atoms with Crippen LogP contribution < -0.4 is 0 Å². The van der Waals surface area contributed by atoms with E-state index in [0.717, 1.165) is 38.6 Å². The first-order valence-electron chi connectivity index (χ1n) is 6.70. The summed E-state index contributed by atoms with van der Waals surface area (Å²) in [5, 5.41) is 0. The van der Waals surface area contributed by atoms with Crippen molar-refractivity contribution in [3.05, 3.63) is 12.2 Å². The summed E-state index contributed by atoms with van der Waals surface area (Å²) < 4.78 is 17.0. The molecule has 0 aromatic rings. The van der Waals surface area contributed by atoms with Gasteiger partial charge in [-0.1, -0.05) is 12.2 Å². The molecule has 2 saturated heterocycles. The Bertz CT molecular complexity index is 302. The summed E-state index contributed by atoms with van der Waals surface area (Å²) in [5.41, 5.74) is 1.18. The molecule has 4 atom stereocenters. The molecule has 4 nitrogen and oxygen atoms in total. The number of aldehydes is 1. The summed E-state index contributed by atoms with van der Waals surface area (Å²) in [5.74, 6) is 0. The molecule has 4 heteroatoms. The largest absolute Gasteiger partial charge is 0.374 e. The highest BCUT2D eigenvalue weighted by Crippen LogP contribution is 2.29. The Kier molecular flexibility index (Phi) is 4.92. The van der Waals surface area contributed by atoms with Crippen molar-refractivity contribution < 1.29 is 19.0 Å². The van der Waals surface area contributed by atoms with Crippen LogP contribution in [0.15, 0.2) is 12.2 Å². The maximum Gasteiger partial charge on any atom is 0.155 e. The Morgan fingerprint density at radius 2 is 2.06 bits per heavy atom. The van der Waals surface area contributed by atoms with Crippen LogP contribution in [-0.2, 0) is 19.0 Å². The molecule has 2 aliphatic rings. The van der Waals surface area contributed by atoms with Crippen LogP contribution in [-0.4, -0.2) is 37.5 Å². The van der Waals surface area contributed by atoms with Gasteiger partial charge in [-0.2, -0.15) is 0 Å². The summed E-state index contributed by atoms with van der Waals surface area (Å²) in [7, 11) is 0.